The summed E-state index contributed by atoms with van der Waals surface area (Å²) in [7, 11) is 1.74. The molecule has 1 aliphatic heterocycles. The van der Waals surface area contributed by atoms with Crippen LogP contribution in [0, 0.1) is 5.41 Å². The van der Waals surface area contributed by atoms with E-state index in [4.69, 9.17) is 4.52 Å². The largest absolute Gasteiger partial charge is 0.360 e. The second-order valence-corrected chi connectivity index (χ2v) is 8.78. The number of carbonyl (C=O) groups is 3. The maximum atomic E-state index is 12.7. The van der Waals surface area contributed by atoms with Crippen molar-refractivity contribution in [2.24, 2.45) is 5.41 Å². The minimum atomic E-state index is -0.146. The van der Waals surface area contributed by atoms with Crippen molar-refractivity contribution < 1.29 is 18.9 Å². The zero-order chi connectivity index (χ0) is 20.8. The number of benzene rings is 1. The standard InChI is InChI=1S/C22H25N3O4/c1-22(2)11-16-20(17(26)12-22)18(29-23-16)10-14-4-6-15(7-5-14)21(28)25-9-8-24(3)19(27)13-25/h4-7H,8-13H2,1-3H3. The van der Waals surface area contributed by atoms with E-state index in [-0.39, 0.29) is 29.6 Å². The smallest absolute Gasteiger partial charge is 0.254 e. The first-order chi connectivity index (χ1) is 13.7. The number of hydrogen-bond acceptors (Lipinski definition) is 5. The molecular formula is C22H25N3O4. The Balaban J connectivity index is 1.47. The highest BCUT2D eigenvalue weighted by Gasteiger charge is 2.36. The molecule has 7 heteroatoms. The Hall–Kier alpha value is -2.96. The number of nitrogens with zero attached hydrogens (tertiary/aromatic N) is 3. The monoisotopic (exact) mass is 395 g/mol. The Morgan fingerprint density at radius 3 is 2.55 bits per heavy atom. The van der Waals surface area contributed by atoms with E-state index >= 15 is 0 Å². The van der Waals surface area contributed by atoms with Gasteiger partial charge in [0.25, 0.3) is 5.91 Å². The Kier molecular flexibility index (Phi) is 4.76. The highest BCUT2D eigenvalue weighted by atomic mass is 16.5. The average Bonchev–Trinajstić information content (AvgIpc) is 3.05. The van der Waals surface area contributed by atoms with Gasteiger partial charge < -0.3 is 14.3 Å². The maximum Gasteiger partial charge on any atom is 0.254 e. The minimum absolute atomic E-state index is 0.0517. The molecule has 4 rings (SSSR count). The van der Waals surface area contributed by atoms with E-state index < -0.39 is 0 Å². The van der Waals surface area contributed by atoms with Crippen LogP contribution in [0.4, 0.5) is 0 Å². The number of likely N-dealkylation sites (N-methyl/N-ethyl adjacent to an activating group) is 1. The van der Waals surface area contributed by atoms with E-state index in [0.29, 0.717) is 42.8 Å². The van der Waals surface area contributed by atoms with Crippen molar-refractivity contribution in [2.45, 2.75) is 33.1 Å². The first kappa shape index (κ1) is 19.4. The van der Waals surface area contributed by atoms with Gasteiger partial charge in [0.2, 0.25) is 5.91 Å². The molecule has 1 aliphatic carbocycles. The fourth-order valence-electron chi connectivity index (χ4n) is 4.02. The number of aromatic nitrogens is 1. The molecule has 2 amide bonds. The lowest BCUT2D eigenvalue weighted by Gasteiger charge is -2.32. The molecule has 1 saturated heterocycles. The molecule has 29 heavy (non-hydrogen) atoms. The summed E-state index contributed by atoms with van der Waals surface area (Å²) in [6.07, 6.45) is 1.68. The molecule has 1 aromatic heterocycles. The molecular weight excluding hydrogens is 370 g/mol. The van der Waals surface area contributed by atoms with Crippen LogP contribution in [0.25, 0.3) is 0 Å². The Bertz CT molecular complexity index is 974. The van der Waals surface area contributed by atoms with Gasteiger partial charge in [0.05, 0.1) is 11.3 Å². The van der Waals surface area contributed by atoms with Crippen LogP contribution >= 0.6 is 0 Å². The minimum Gasteiger partial charge on any atom is -0.360 e. The maximum absolute atomic E-state index is 12.7. The molecule has 1 fully saturated rings. The number of amides is 2. The summed E-state index contributed by atoms with van der Waals surface area (Å²) in [5, 5.41) is 4.13. The molecule has 2 aromatic rings. The number of Topliss-reactive ketones (excluding diaryl/α,β-unsaturated/α-hetero) is 1. The fourth-order valence-corrected chi connectivity index (χ4v) is 4.02. The molecule has 7 nitrogen and oxygen atoms in total. The normalized spacial score (nSPS) is 18.7. The van der Waals surface area contributed by atoms with Crippen molar-refractivity contribution in [3.63, 3.8) is 0 Å². The van der Waals surface area contributed by atoms with Gasteiger partial charge >= 0.3 is 0 Å². The summed E-state index contributed by atoms with van der Waals surface area (Å²) >= 11 is 0. The molecule has 0 unspecified atom stereocenters. The van der Waals surface area contributed by atoms with Crippen molar-refractivity contribution in [2.75, 3.05) is 26.7 Å². The van der Waals surface area contributed by atoms with Crippen LogP contribution in [0.1, 0.15) is 58.0 Å². The number of fused-ring (bicyclic) bond motifs is 1. The third kappa shape index (κ3) is 3.81. The van der Waals surface area contributed by atoms with Crippen molar-refractivity contribution in [1.29, 1.82) is 0 Å². The summed E-state index contributed by atoms with van der Waals surface area (Å²) in [6.45, 7) is 5.31. The fraction of sp³-hybridized carbons (Fsp3) is 0.455. The molecule has 2 aliphatic rings. The Morgan fingerprint density at radius 1 is 1.14 bits per heavy atom. The summed E-state index contributed by atoms with van der Waals surface area (Å²) in [4.78, 5) is 40.3. The number of hydrogen-bond donors (Lipinski definition) is 0. The molecule has 0 N–H and O–H groups in total. The highest BCUT2D eigenvalue weighted by molar-refractivity contribution is 5.99. The van der Waals surface area contributed by atoms with Gasteiger partial charge in [0, 0.05) is 38.5 Å². The first-order valence-corrected chi connectivity index (χ1v) is 9.86. The molecule has 0 atom stereocenters. The molecule has 0 spiro atoms. The van der Waals surface area contributed by atoms with E-state index in [1.165, 1.54) is 0 Å². The SMILES string of the molecule is CN1CCN(C(=O)c2ccc(Cc3onc4c3C(=O)CC(C)(C)C4)cc2)CC1=O. The van der Waals surface area contributed by atoms with E-state index in [2.05, 4.69) is 19.0 Å². The van der Waals surface area contributed by atoms with E-state index in [1.54, 1.807) is 29.0 Å². The van der Waals surface area contributed by atoms with Crippen LogP contribution in [-0.4, -0.2) is 59.2 Å². The van der Waals surface area contributed by atoms with E-state index in [1.807, 2.05) is 12.1 Å². The van der Waals surface area contributed by atoms with Crippen LogP contribution < -0.4 is 0 Å². The number of piperazine rings is 1. The lowest BCUT2D eigenvalue weighted by atomic mass is 9.75. The van der Waals surface area contributed by atoms with Crippen LogP contribution in [-0.2, 0) is 17.6 Å². The summed E-state index contributed by atoms with van der Waals surface area (Å²) < 4.78 is 5.49. The van der Waals surface area contributed by atoms with Crippen LogP contribution in [0.2, 0.25) is 0 Å². The van der Waals surface area contributed by atoms with Gasteiger partial charge in [-0.3, -0.25) is 14.4 Å². The van der Waals surface area contributed by atoms with E-state index in [0.717, 1.165) is 17.7 Å². The van der Waals surface area contributed by atoms with Crippen LogP contribution in [0.15, 0.2) is 28.8 Å². The van der Waals surface area contributed by atoms with Gasteiger partial charge in [-0.2, -0.15) is 0 Å². The summed E-state index contributed by atoms with van der Waals surface area (Å²) in [6, 6.07) is 7.23. The first-order valence-electron chi connectivity index (χ1n) is 9.86. The predicted octanol–water partition coefficient (Wildman–Crippen LogP) is 2.33. The number of carbonyl (C=O) groups excluding carboxylic acids is 3. The summed E-state index contributed by atoms with van der Waals surface area (Å²) in [5.41, 5.74) is 2.76. The molecule has 1 aromatic carbocycles. The van der Waals surface area contributed by atoms with Crippen molar-refractivity contribution in [3.05, 3.63) is 52.4 Å². The molecule has 0 bridgehead atoms. The Labute approximate surface area is 169 Å². The van der Waals surface area contributed by atoms with Gasteiger partial charge in [-0.05, 0) is 29.5 Å². The van der Waals surface area contributed by atoms with Gasteiger partial charge in [0.1, 0.15) is 6.54 Å². The third-order valence-corrected chi connectivity index (χ3v) is 5.71. The second-order valence-electron chi connectivity index (χ2n) is 8.78. The number of ketones is 1. The Morgan fingerprint density at radius 2 is 1.86 bits per heavy atom. The number of rotatable bonds is 3. The molecule has 152 valence electrons. The topological polar surface area (TPSA) is 83.7 Å². The average molecular weight is 395 g/mol. The van der Waals surface area contributed by atoms with Crippen LogP contribution in [0.3, 0.4) is 0 Å². The van der Waals surface area contributed by atoms with Gasteiger partial charge in [-0.1, -0.05) is 31.1 Å². The van der Waals surface area contributed by atoms with Crippen LogP contribution in [0.5, 0.6) is 0 Å². The van der Waals surface area contributed by atoms with E-state index in [9.17, 15) is 14.4 Å². The van der Waals surface area contributed by atoms with Crippen molar-refractivity contribution >= 4 is 17.6 Å². The van der Waals surface area contributed by atoms with Crippen molar-refractivity contribution in [3.8, 4) is 0 Å². The van der Waals surface area contributed by atoms with Crippen molar-refractivity contribution in [1.82, 2.24) is 15.0 Å². The predicted molar refractivity (Wildman–Crippen MR) is 106 cm³/mol. The lowest BCUT2D eigenvalue weighted by Crippen LogP contribution is -2.50. The molecule has 0 saturated carbocycles. The highest BCUT2D eigenvalue weighted by Crippen LogP contribution is 2.36. The van der Waals surface area contributed by atoms with Gasteiger partial charge in [-0.25, -0.2) is 0 Å². The molecule has 2 heterocycles. The lowest BCUT2D eigenvalue weighted by molar-refractivity contribution is -0.133. The quantitative estimate of drug-likeness (QED) is 0.797. The zero-order valence-corrected chi connectivity index (χ0v) is 17.0. The second kappa shape index (κ2) is 7.13. The third-order valence-electron chi connectivity index (χ3n) is 5.71. The summed E-state index contributed by atoms with van der Waals surface area (Å²) in [5.74, 6) is 0.472. The molecule has 0 radical (unpaired) electrons. The zero-order valence-electron chi connectivity index (χ0n) is 17.0. The van der Waals surface area contributed by atoms with Gasteiger partial charge in [-0.15, -0.1) is 0 Å². The van der Waals surface area contributed by atoms with Gasteiger partial charge in [0.15, 0.2) is 11.5 Å².